The van der Waals surface area contributed by atoms with Crippen molar-refractivity contribution in [2.45, 2.75) is 24.0 Å². The van der Waals surface area contributed by atoms with Crippen LogP contribution in [0.3, 0.4) is 0 Å². The maximum Gasteiger partial charge on any atom is 0.246 e. The van der Waals surface area contributed by atoms with Gasteiger partial charge in [0.25, 0.3) is 0 Å². The molecule has 8 nitrogen and oxygen atoms in total. The van der Waals surface area contributed by atoms with Gasteiger partial charge in [0.15, 0.2) is 0 Å². The van der Waals surface area contributed by atoms with Gasteiger partial charge in [-0.2, -0.15) is 9.40 Å². The average molecular weight is 330 g/mol. The first-order chi connectivity index (χ1) is 10.6. The first-order valence-corrected chi connectivity index (χ1v) is 8.95. The topological polar surface area (TPSA) is 85.7 Å². The van der Waals surface area contributed by atoms with Crippen LogP contribution in [0.1, 0.15) is 6.92 Å². The zero-order valence-corrected chi connectivity index (χ0v) is 13.5. The Morgan fingerprint density at radius 1 is 1.45 bits per heavy atom. The molecule has 0 unspecified atom stereocenters. The Bertz CT molecular complexity index is 607. The summed E-state index contributed by atoms with van der Waals surface area (Å²) in [6.07, 6.45) is 2.97. The summed E-state index contributed by atoms with van der Waals surface area (Å²) in [6, 6.07) is 0. The van der Waals surface area contributed by atoms with E-state index in [1.54, 1.807) is 10.9 Å². The molecular formula is C13H22N4O4S. The van der Waals surface area contributed by atoms with Crippen LogP contribution in [0.15, 0.2) is 17.3 Å². The fourth-order valence-electron chi connectivity index (χ4n) is 2.78. The summed E-state index contributed by atoms with van der Waals surface area (Å²) in [5.74, 6) is 0. The van der Waals surface area contributed by atoms with Crippen LogP contribution in [0, 0.1) is 0 Å². The predicted octanol–water partition coefficient (Wildman–Crippen LogP) is -0.717. The van der Waals surface area contributed by atoms with Gasteiger partial charge in [-0.15, -0.1) is 0 Å². The normalized spacial score (nSPS) is 27.9. The molecule has 0 amide bonds. The minimum atomic E-state index is -3.55. The van der Waals surface area contributed by atoms with Crippen LogP contribution in [0.2, 0.25) is 0 Å². The lowest BCUT2D eigenvalue weighted by Gasteiger charge is -2.40. The van der Waals surface area contributed by atoms with Gasteiger partial charge in [-0.1, -0.05) is 0 Å². The molecular weight excluding hydrogens is 308 g/mol. The van der Waals surface area contributed by atoms with Crippen LogP contribution in [0.5, 0.6) is 0 Å². The summed E-state index contributed by atoms with van der Waals surface area (Å²) in [6.45, 7) is 5.92. The molecule has 2 fully saturated rings. The lowest BCUT2D eigenvalue weighted by molar-refractivity contribution is -0.118. The van der Waals surface area contributed by atoms with Gasteiger partial charge in [0.05, 0.1) is 26.0 Å². The summed E-state index contributed by atoms with van der Waals surface area (Å²) >= 11 is 0. The molecule has 2 aliphatic rings. The van der Waals surface area contributed by atoms with Crippen LogP contribution in [-0.2, 0) is 26.0 Å². The van der Waals surface area contributed by atoms with Gasteiger partial charge in [0.1, 0.15) is 10.5 Å². The number of aryl methyl sites for hydroxylation is 1. The first kappa shape index (κ1) is 15.9. The van der Waals surface area contributed by atoms with Gasteiger partial charge in [0.2, 0.25) is 10.0 Å². The lowest BCUT2D eigenvalue weighted by atomic mass is 10.0. The van der Waals surface area contributed by atoms with Crippen molar-refractivity contribution in [2.75, 3.05) is 46.0 Å². The van der Waals surface area contributed by atoms with Crippen molar-refractivity contribution in [3.63, 3.8) is 0 Å². The molecule has 22 heavy (non-hydrogen) atoms. The molecule has 1 N–H and O–H groups in total. The molecule has 3 rings (SSSR count). The molecule has 1 aromatic heterocycles. The van der Waals surface area contributed by atoms with Gasteiger partial charge in [-0.3, -0.25) is 4.68 Å². The molecule has 2 saturated heterocycles. The fourth-order valence-corrected chi connectivity index (χ4v) is 4.23. The Balaban J connectivity index is 1.81. The monoisotopic (exact) mass is 330 g/mol. The van der Waals surface area contributed by atoms with Crippen molar-refractivity contribution >= 4 is 10.0 Å². The minimum absolute atomic E-state index is 0.230. The third-order valence-electron chi connectivity index (χ3n) is 4.02. The van der Waals surface area contributed by atoms with Crippen LogP contribution in [0.4, 0.5) is 0 Å². The summed E-state index contributed by atoms with van der Waals surface area (Å²) in [7, 11) is -3.55. The number of ether oxygens (including phenoxy) is 2. The van der Waals surface area contributed by atoms with Crippen molar-refractivity contribution in [1.82, 2.24) is 19.4 Å². The quantitative estimate of drug-likeness (QED) is 0.787. The van der Waals surface area contributed by atoms with Gasteiger partial charge in [0, 0.05) is 38.9 Å². The summed E-state index contributed by atoms with van der Waals surface area (Å²) in [5.41, 5.74) is -0.609. The van der Waals surface area contributed by atoms with E-state index >= 15 is 0 Å². The summed E-state index contributed by atoms with van der Waals surface area (Å²) in [4.78, 5) is 0.230. The third-order valence-corrected chi connectivity index (χ3v) is 5.82. The fraction of sp³-hybridized carbons (Fsp3) is 0.769. The van der Waals surface area contributed by atoms with E-state index in [2.05, 4.69) is 10.4 Å². The van der Waals surface area contributed by atoms with E-state index in [0.717, 1.165) is 6.54 Å². The summed E-state index contributed by atoms with van der Waals surface area (Å²) in [5, 5.41) is 7.30. The van der Waals surface area contributed by atoms with Crippen LogP contribution in [0.25, 0.3) is 0 Å². The molecule has 0 radical (unpaired) electrons. The minimum Gasteiger partial charge on any atom is -0.377 e. The number of nitrogens with zero attached hydrogens (tertiary/aromatic N) is 3. The van der Waals surface area contributed by atoms with Crippen LogP contribution in [-0.4, -0.2) is 74.1 Å². The number of morpholine rings is 1. The maximum absolute atomic E-state index is 12.8. The molecule has 3 heterocycles. The largest absolute Gasteiger partial charge is 0.377 e. The van der Waals surface area contributed by atoms with Gasteiger partial charge >= 0.3 is 0 Å². The Hall–Kier alpha value is -1.00. The molecule has 1 spiro atoms. The van der Waals surface area contributed by atoms with Crippen molar-refractivity contribution < 1.29 is 17.9 Å². The van der Waals surface area contributed by atoms with Gasteiger partial charge < -0.3 is 14.8 Å². The standard InChI is InChI=1S/C13H22N4O4S/c1-2-16-8-12(7-15-16)22(18,19)17-4-6-21-13(10-17)9-14-3-5-20-11-13/h7-8,14H,2-6,9-11H2,1H3/t13-/m0/s1. The number of sulfonamides is 1. The molecule has 9 heteroatoms. The number of rotatable bonds is 3. The molecule has 2 aliphatic heterocycles. The van der Waals surface area contributed by atoms with Crippen molar-refractivity contribution in [2.24, 2.45) is 0 Å². The van der Waals surface area contributed by atoms with Crippen molar-refractivity contribution in [3.05, 3.63) is 12.4 Å². The lowest BCUT2D eigenvalue weighted by Crippen LogP contribution is -2.59. The summed E-state index contributed by atoms with van der Waals surface area (Å²) < 4.78 is 40.1. The van der Waals surface area contributed by atoms with E-state index in [1.165, 1.54) is 10.5 Å². The second-order valence-electron chi connectivity index (χ2n) is 5.63. The number of hydrogen-bond donors (Lipinski definition) is 1. The van der Waals surface area contributed by atoms with Crippen molar-refractivity contribution in [3.8, 4) is 0 Å². The van der Waals surface area contributed by atoms with E-state index in [4.69, 9.17) is 9.47 Å². The molecule has 1 atom stereocenters. The highest BCUT2D eigenvalue weighted by Crippen LogP contribution is 2.25. The third kappa shape index (κ3) is 3.04. The Kier molecular flexibility index (Phi) is 4.51. The predicted molar refractivity (Wildman–Crippen MR) is 79.0 cm³/mol. The molecule has 0 saturated carbocycles. The van der Waals surface area contributed by atoms with E-state index in [0.29, 0.717) is 46.0 Å². The highest BCUT2D eigenvalue weighted by atomic mass is 32.2. The first-order valence-electron chi connectivity index (χ1n) is 7.51. The van der Waals surface area contributed by atoms with Crippen LogP contribution < -0.4 is 5.32 Å². The van der Waals surface area contributed by atoms with E-state index in [-0.39, 0.29) is 4.90 Å². The Morgan fingerprint density at radius 3 is 3.09 bits per heavy atom. The Morgan fingerprint density at radius 2 is 2.32 bits per heavy atom. The maximum atomic E-state index is 12.8. The zero-order chi connectivity index (χ0) is 15.6. The number of nitrogens with one attached hydrogen (secondary N) is 1. The Labute approximate surface area is 130 Å². The van der Waals surface area contributed by atoms with Gasteiger partial charge in [-0.05, 0) is 6.92 Å². The van der Waals surface area contributed by atoms with Gasteiger partial charge in [-0.25, -0.2) is 8.42 Å². The van der Waals surface area contributed by atoms with E-state index in [9.17, 15) is 8.42 Å². The average Bonchev–Trinajstić information content (AvgIpc) is 2.91. The number of hydrogen-bond acceptors (Lipinski definition) is 6. The highest BCUT2D eigenvalue weighted by Gasteiger charge is 2.42. The van der Waals surface area contributed by atoms with E-state index in [1.807, 2.05) is 6.92 Å². The SMILES string of the molecule is CCn1cc(S(=O)(=O)N2CCO[C@@]3(CNCCOC3)C2)cn1. The second kappa shape index (κ2) is 6.25. The molecule has 0 bridgehead atoms. The molecule has 0 aliphatic carbocycles. The zero-order valence-electron chi connectivity index (χ0n) is 12.7. The molecule has 124 valence electrons. The smallest absolute Gasteiger partial charge is 0.246 e. The highest BCUT2D eigenvalue weighted by molar-refractivity contribution is 7.89. The van der Waals surface area contributed by atoms with E-state index < -0.39 is 15.6 Å². The molecule has 0 aromatic carbocycles. The molecule has 1 aromatic rings. The number of aromatic nitrogens is 2. The van der Waals surface area contributed by atoms with Crippen LogP contribution >= 0.6 is 0 Å². The van der Waals surface area contributed by atoms with Crippen molar-refractivity contribution in [1.29, 1.82) is 0 Å². The second-order valence-corrected chi connectivity index (χ2v) is 7.57.